The molecule has 2 aliphatic rings. The van der Waals surface area contributed by atoms with Crippen LogP contribution in [0.5, 0.6) is 0 Å². The summed E-state index contributed by atoms with van der Waals surface area (Å²) in [7, 11) is 0. The Morgan fingerprint density at radius 1 is 1.67 bits per heavy atom. The maximum atomic E-state index is 5.61. The minimum absolute atomic E-state index is 0.0532. The van der Waals surface area contributed by atoms with E-state index in [0.29, 0.717) is 0 Å². The highest BCUT2D eigenvalue weighted by molar-refractivity contribution is 5.34. The average molecular weight is 124 g/mol. The smallest absolute Gasteiger partial charge is 0.169 e. The van der Waals surface area contributed by atoms with Crippen LogP contribution in [0.1, 0.15) is 0 Å². The fraction of sp³-hybridized carbons (Fsp3) is 0.333. The molecule has 1 fully saturated rings. The van der Waals surface area contributed by atoms with Gasteiger partial charge in [-0.25, -0.2) is 0 Å². The Kier molecular flexibility index (Phi) is 0.668. The summed E-state index contributed by atoms with van der Waals surface area (Å²) in [4.78, 5) is 0. The highest BCUT2D eigenvalue weighted by Gasteiger charge is 2.54. The second-order valence-electron chi connectivity index (χ2n) is 2.38. The van der Waals surface area contributed by atoms with Gasteiger partial charge in [0, 0.05) is 5.70 Å². The van der Waals surface area contributed by atoms with Gasteiger partial charge >= 0.3 is 0 Å². The van der Waals surface area contributed by atoms with Gasteiger partial charge in [-0.1, -0.05) is 6.08 Å². The van der Waals surface area contributed by atoms with Crippen molar-refractivity contribution in [3.05, 3.63) is 23.9 Å². The van der Waals surface area contributed by atoms with Crippen molar-refractivity contribution in [1.82, 2.24) is 0 Å². The first kappa shape index (κ1) is 5.02. The number of rotatable bonds is 0. The number of nitrogens with two attached hydrogens (primary N) is 2. The summed E-state index contributed by atoms with van der Waals surface area (Å²) < 4.78 is 5.08. The number of hydrogen-bond acceptors (Lipinski definition) is 3. The summed E-state index contributed by atoms with van der Waals surface area (Å²) in [5, 5.41) is 0. The standard InChI is InChI=1S/C6H8N2O/c7-4-2-1-3-6(8)5(4)9-6/h1-3,5H,7-8H2. The summed E-state index contributed by atoms with van der Waals surface area (Å²) in [6, 6.07) is 0. The Balaban J connectivity index is 2.34. The lowest BCUT2D eigenvalue weighted by molar-refractivity contribution is 0.344. The molecule has 1 aliphatic heterocycles. The Hall–Kier alpha value is -0.800. The van der Waals surface area contributed by atoms with Gasteiger partial charge in [0.05, 0.1) is 0 Å². The Labute approximate surface area is 53.0 Å². The van der Waals surface area contributed by atoms with Crippen LogP contribution in [0.25, 0.3) is 0 Å². The predicted molar refractivity (Wildman–Crippen MR) is 33.2 cm³/mol. The molecular formula is C6H8N2O. The fourth-order valence-electron chi connectivity index (χ4n) is 1.02. The van der Waals surface area contributed by atoms with Crippen molar-refractivity contribution in [2.24, 2.45) is 11.5 Å². The van der Waals surface area contributed by atoms with Gasteiger partial charge in [0.2, 0.25) is 0 Å². The predicted octanol–water partition coefficient (Wildman–Crippen LogP) is -0.547. The van der Waals surface area contributed by atoms with Crippen LogP contribution in [0, 0.1) is 0 Å². The number of fused-ring (bicyclic) bond motifs is 1. The quantitative estimate of drug-likeness (QED) is 0.426. The van der Waals surface area contributed by atoms with Gasteiger partial charge in [0.15, 0.2) is 5.72 Å². The molecule has 3 heteroatoms. The molecule has 0 bridgehead atoms. The van der Waals surface area contributed by atoms with Crippen molar-refractivity contribution in [2.75, 3.05) is 0 Å². The Morgan fingerprint density at radius 2 is 2.44 bits per heavy atom. The van der Waals surface area contributed by atoms with E-state index < -0.39 is 5.72 Å². The van der Waals surface area contributed by atoms with Gasteiger partial charge in [-0.3, -0.25) is 5.73 Å². The van der Waals surface area contributed by atoms with Crippen LogP contribution in [-0.4, -0.2) is 11.8 Å². The van der Waals surface area contributed by atoms with E-state index in [4.69, 9.17) is 16.2 Å². The van der Waals surface area contributed by atoms with Crippen molar-refractivity contribution < 1.29 is 4.74 Å². The molecule has 4 N–H and O–H groups in total. The van der Waals surface area contributed by atoms with E-state index in [0.717, 1.165) is 5.70 Å². The first-order valence-electron chi connectivity index (χ1n) is 2.84. The zero-order valence-electron chi connectivity index (χ0n) is 4.87. The monoisotopic (exact) mass is 124 g/mol. The second-order valence-corrected chi connectivity index (χ2v) is 2.38. The van der Waals surface area contributed by atoms with Crippen LogP contribution in [0.3, 0.4) is 0 Å². The molecule has 1 heterocycles. The minimum Gasteiger partial charge on any atom is -0.400 e. The van der Waals surface area contributed by atoms with Crippen LogP contribution in [0.4, 0.5) is 0 Å². The molecule has 3 nitrogen and oxygen atoms in total. The highest BCUT2D eigenvalue weighted by Crippen LogP contribution is 2.38. The van der Waals surface area contributed by atoms with E-state index in [2.05, 4.69) is 0 Å². The summed E-state index contributed by atoms with van der Waals surface area (Å²) >= 11 is 0. The maximum absolute atomic E-state index is 5.61. The number of allylic oxidation sites excluding steroid dienone is 2. The van der Waals surface area contributed by atoms with Gasteiger partial charge < -0.3 is 10.5 Å². The van der Waals surface area contributed by atoms with Gasteiger partial charge in [-0.15, -0.1) is 0 Å². The largest absolute Gasteiger partial charge is 0.400 e. The van der Waals surface area contributed by atoms with Crippen LogP contribution in [0.2, 0.25) is 0 Å². The lowest BCUT2D eigenvalue weighted by Crippen LogP contribution is -2.28. The zero-order chi connectivity index (χ0) is 6.48. The van der Waals surface area contributed by atoms with E-state index >= 15 is 0 Å². The van der Waals surface area contributed by atoms with Crippen molar-refractivity contribution >= 4 is 0 Å². The summed E-state index contributed by atoms with van der Waals surface area (Å²) in [5.41, 5.74) is 11.3. The molecule has 0 radical (unpaired) electrons. The molecule has 1 aliphatic carbocycles. The van der Waals surface area contributed by atoms with E-state index in [1.165, 1.54) is 0 Å². The van der Waals surface area contributed by atoms with Crippen LogP contribution in [0.15, 0.2) is 23.9 Å². The SMILES string of the molecule is NC1=CC=CC2(N)OC12. The number of ether oxygens (including phenoxy) is 1. The Morgan fingerprint density at radius 3 is 3.00 bits per heavy atom. The van der Waals surface area contributed by atoms with E-state index in [-0.39, 0.29) is 6.10 Å². The van der Waals surface area contributed by atoms with Crippen LogP contribution >= 0.6 is 0 Å². The first-order valence-corrected chi connectivity index (χ1v) is 2.84. The molecule has 2 unspecified atom stereocenters. The third-order valence-electron chi connectivity index (χ3n) is 1.62. The molecule has 0 amide bonds. The van der Waals surface area contributed by atoms with E-state index in [9.17, 15) is 0 Å². The van der Waals surface area contributed by atoms with Crippen LogP contribution < -0.4 is 11.5 Å². The van der Waals surface area contributed by atoms with Gasteiger partial charge in [-0.05, 0) is 12.2 Å². The second kappa shape index (κ2) is 1.20. The zero-order valence-corrected chi connectivity index (χ0v) is 4.87. The third-order valence-corrected chi connectivity index (χ3v) is 1.62. The third kappa shape index (κ3) is 0.528. The normalized spacial score (nSPS) is 45.9. The number of hydrogen-bond donors (Lipinski definition) is 2. The minimum atomic E-state index is -0.557. The molecule has 2 atom stereocenters. The Bertz CT molecular complexity index is 209. The van der Waals surface area contributed by atoms with E-state index in [1.807, 2.05) is 18.2 Å². The first-order chi connectivity index (χ1) is 4.22. The van der Waals surface area contributed by atoms with Crippen molar-refractivity contribution in [3.8, 4) is 0 Å². The highest BCUT2D eigenvalue weighted by atomic mass is 16.6. The molecule has 48 valence electrons. The van der Waals surface area contributed by atoms with Crippen molar-refractivity contribution in [1.29, 1.82) is 0 Å². The lowest BCUT2D eigenvalue weighted by atomic mass is 10.1. The summed E-state index contributed by atoms with van der Waals surface area (Å²) in [5.74, 6) is 0. The van der Waals surface area contributed by atoms with E-state index in [1.54, 1.807) is 0 Å². The maximum Gasteiger partial charge on any atom is 0.169 e. The van der Waals surface area contributed by atoms with Crippen LogP contribution in [-0.2, 0) is 4.74 Å². The average Bonchev–Trinajstić information content (AvgIpc) is 2.43. The van der Waals surface area contributed by atoms with Gasteiger partial charge in [0.25, 0.3) is 0 Å². The molecule has 0 spiro atoms. The molecular weight excluding hydrogens is 116 g/mol. The molecule has 1 saturated heterocycles. The summed E-state index contributed by atoms with van der Waals surface area (Å²) in [6.07, 6.45) is 5.39. The molecule has 2 rings (SSSR count). The topological polar surface area (TPSA) is 64.6 Å². The molecule has 9 heavy (non-hydrogen) atoms. The molecule has 0 aromatic rings. The lowest BCUT2D eigenvalue weighted by Gasteiger charge is -2.02. The summed E-state index contributed by atoms with van der Waals surface area (Å²) in [6.45, 7) is 0. The fourth-order valence-corrected chi connectivity index (χ4v) is 1.02. The molecule has 0 saturated carbocycles. The molecule has 0 aromatic heterocycles. The number of epoxide rings is 1. The van der Waals surface area contributed by atoms with Gasteiger partial charge in [-0.2, -0.15) is 0 Å². The van der Waals surface area contributed by atoms with Crippen molar-refractivity contribution in [2.45, 2.75) is 11.8 Å². The molecule has 0 aromatic carbocycles. The van der Waals surface area contributed by atoms with Gasteiger partial charge in [0.1, 0.15) is 6.10 Å². The van der Waals surface area contributed by atoms with Crippen molar-refractivity contribution in [3.63, 3.8) is 0 Å².